The summed E-state index contributed by atoms with van der Waals surface area (Å²) in [5.74, 6) is 2.11. The Labute approximate surface area is 111 Å². The van der Waals surface area contributed by atoms with E-state index in [4.69, 9.17) is 5.73 Å². The molecule has 1 aliphatic rings. The van der Waals surface area contributed by atoms with E-state index in [-0.39, 0.29) is 0 Å². The smallest absolute Gasteiger partial charge is 0.154 e. The largest absolute Gasteiger partial charge is 0.382 e. The van der Waals surface area contributed by atoms with Gasteiger partial charge in [0, 0.05) is 16.5 Å². The van der Waals surface area contributed by atoms with Crippen molar-refractivity contribution >= 4 is 17.2 Å². The molecule has 18 heavy (non-hydrogen) atoms. The molecule has 0 amide bonds. The van der Waals surface area contributed by atoms with Gasteiger partial charge in [0.25, 0.3) is 0 Å². The van der Waals surface area contributed by atoms with Gasteiger partial charge < -0.3 is 5.73 Å². The van der Waals surface area contributed by atoms with Gasteiger partial charge in [-0.15, -0.1) is 11.3 Å². The Morgan fingerprint density at radius 1 is 1.33 bits per heavy atom. The maximum Gasteiger partial charge on any atom is 0.154 e. The summed E-state index contributed by atoms with van der Waals surface area (Å²) in [6.07, 6.45) is 5.13. The molecule has 2 aromatic rings. The molecule has 2 aromatic heterocycles. The standard InChI is InChI=1S/C14H19N3S/c1-9-4-6-10(7-5-9)13-12(14(15)17-16-13)11-3-2-8-18-11/h2-3,8-10H,4-7H2,1H3,(H3,15,16,17). The van der Waals surface area contributed by atoms with Crippen LogP contribution in [0.1, 0.15) is 44.2 Å². The fourth-order valence-electron chi connectivity index (χ4n) is 2.89. The Morgan fingerprint density at radius 2 is 2.11 bits per heavy atom. The van der Waals surface area contributed by atoms with Gasteiger partial charge in [-0.2, -0.15) is 5.10 Å². The fraction of sp³-hybridized carbons (Fsp3) is 0.500. The van der Waals surface area contributed by atoms with Crippen LogP contribution >= 0.6 is 11.3 Å². The number of hydrogen-bond donors (Lipinski definition) is 2. The van der Waals surface area contributed by atoms with Crippen molar-refractivity contribution in [3.05, 3.63) is 23.2 Å². The molecule has 0 atom stereocenters. The first-order chi connectivity index (χ1) is 8.75. The van der Waals surface area contributed by atoms with Crippen LogP contribution in [0.25, 0.3) is 10.4 Å². The van der Waals surface area contributed by atoms with E-state index < -0.39 is 0 Å². The third-order valence-electron chi connectivity index (χ3n) is 4.01. The van der Waals surface area contributed by atoms with Crippen molar-refractivity contribution in [2.75, 3.05) is 5.73 Å². The van der Waals surface area contributed by atoms with Gasteiger partial charge in [-0.1, -0.05) is 25.8 Å². The number of nitrogens with one attached hydrogen (secondary N) is 1. The number of anilines is 1. The Morgan fingerprint density at radius 3 is 2.78 bits per heavy atom. The van der Waals surface area contributed by atoms with Crippen molar-refractivity contribution in [1.29, 1.82) is 0 Å². The average molecular weight is 261 g/mol. The first-order valence-corrected chi connectivity index (χ1v) is 7.51. The molecular formula is C14H19N3S. The van der Waals surface area contributed by atoms with Gasteiger partial charge in [0.2, 0.25) is 0 Å². The molecule has 4 heteroatoms. The zero-order valence-electron chi connectivity index (χ0n) is 10.6. The monoisotopic (exact) mass is 261 g/mol. The summed E-state index contributed by atoms with van der Waals surface area (Å²) in [5.41, 5.74) is 8.43. The normalized spacial score (nSPS) is 24.3. The highest BCUT2D eigenvalue weighted by Crippen LogP contribution is 2.41. The summed E-state index contributed by atoms with van der Waals surface area (Å²) in [7, 11) is 0. The fourth-order valence-corrected chi connectivity index (χ4v) is 3.69. The Kier molecular flexibility index (Phi) is 3.12. The van der Waals surface area contributed by atoms with Crippen LogP contribution in [0.3, 0.4) is 0 Å². The molecule has 1 saturated carbocycles. The topological polar surface area (TPSA) is 54.7 Å². The molecular weight excluding hydrogens is 242 g/mol. The van der Waals surface area contributed by atoms with Gasteiger partial charge >= 0.3 is 0 Å². The van der Waals surface area contributed by atoms with E-state index >= 15 is 0 Å². The number of nitrogens with zero attached hydrogens (tertiary/aromatic N) is 1. The minimum absolute atomic E-state index is 0.600. The molecule has 3 rings (SSSR count). The number of hydrogen-bond acceptors (Lipinski definition) is 3. The molecule has 0 bridgehead atoms. The van der Waals surface area contributed by atoms with E-state index in [0.29, 0.717) is 11.7 Å². The first-order valence-electron chi connectivity index (χ1n) is 6.63. The molecule has 0 saturated heterocycles. The van der Waals surface area contributed by atoms with Crippen LogP contribution in [0.5, 0.6) is 0 Å². The molecule has 0 spiro atoms. The van der Waals surface area contributed by atoms with Gasteiger partial charge in [-0.3, -0.25) is 5.10 Å². The number of thiophene rings is 1. The second-order valence-corrected chi connectivity index (χ2v) is 6.28. The zero-order chi connectivity index (χ0) is 12.5. The zero-order valence-corrected chi connectivity index (χ0v) is 11.5. The van der Waals surface area contributed by atoms with E-state index in [9.17, 15) is 0 Å². The molecule has 1 fully saturated rings. The molecule has 2 heterocycles. The lowest BCUT2D eigenvalue weighted by Crippen LogP contribution is -2.11. The molecule has 3 N–H and O–H groups in total. The van der Waals surface area contributed by atoms with Crippen molar-refractivity contribution in [2.24, 2.45) is 5.92 Å². The van der Waals surface area contributed by atoms with Crippen molar-refractivity contribution < 1.29 is 0 Å². The van der Waals surface area contributed by atoms with Crippen molar-refractivity contribution in [2.45, 2.75) is 38.5 Å². The lowest BCUT2D eigenvalue weighted by Gasteiger charge is -2.25. The summed E-state index contributed by atoms with van der Waals surface area (Å²) in [6, 6.07) is 4.19. The second kappa shape index (κ2) is 4.76. The Hall–Kier alpha value is -1.29. The van der Waals surface area contributed by atoms with Crippen LogP contribution in [0.2, 0.25) is 0 Å². The molecule has 96 valence electrons. The summed E-state index contributed by atoms with van der Waals surface area (Å²) < 4.78 is 0. The van der Waals surface area contributed by atoms with Crippen LogP contribution in [0.15, 0.2) is 17.5 Å². The summed E-state index contributed by atoms with van der Waals surface area (Å²) >= 11 is 1.73. The number of nitrogen functional groups attached to an aromatic ring is 1. The lowest BCUT2D eigenvalue weighted by molar-refractivity contribution is 0.344. The Bertz CT molecular complexity index is 507. The number of aromatic nitrogens is 2. The van der Waals surface area contributed by atoms with E-state index in [0.717, 1.165) is 11.5 Å². The highest BCUT2D eigenvalue weighted by Gasteiger charge is 2.25. The molecule has 0 radical (unpaired) electrons. The van der Waals surface area contributed by atoms with E-state index in [1.165, 1.54) is 36.3 Å². The third-order valence-corrected chi connectivity index (χ3v) is 4.90. The predicted octanol–water partition coefficient (Wildman–Crippen LogP) is 4.01. The third kappa shape index (κ3) is 2.05. The van der Waals surface area contributed by atoms with Crippen molar-refractivity contribution in [3.8, 4) is 10.4 Å². The summed E-state index contributed by atoms with van der Waals surface area (Å²) in [5, 5.41) is 9.50. The van der Waals surface area contributed by atoms with Gasteiger partial charge in [0.1, 0.15) is 0 Å². The number of nitrogens with two attached hydrogens (primary N) is 1. The predicted molar refractivity (Wildman–Crippen MR) is 76.7 cm³/mol. The van der Waals surface area contributed by atoms with Crippen LogP contribution in [-0.4, -0.2) is 10.2 Å². The maximum atomic E-state index is 6.03. The van der Waals surface area contributed by atoms with Gasteiger partial charge in [-0.05, 0) is 30.2 Å². The minimum Gasteiger partial charge on any atom is -0.382 e. The number of aromatic amines is 1. The highest BCUT2D eigenvalue weighted by molar-refractivity contribution is 7.13. The first kappa shape index (κ1) is 11.8. The van der Waals surface area contributed by atoms with Crippen LogP contribution in [0, 0.1) is 5.92 Å². The molecule has 0 aromatic carbocycles. The van der Waals surface area contributed by atoms with Crippen LogP contribution in [0.4, 0.5) is 5.82 Å². The van der Waals surface area contributed by atoms with Crippen LogP contribution in [-0.2, 0) is 0 Å². The quantitative estimate of drug-likeness (QED) is 0.858. The van der Waals surface area contributed by atoms with E-state index in [1.54, 1.807) is 11.3 Å². The number of H-pyrrole nitrogens is 1. The Balaban J connectivity index is 1.93. The molecule has 0 unspecified atom stereocenters. The average Bonchev–Trinajstić information content (AvgIpc) is 2.99. The molecule has 1 aliphatic carbocycles. The lowest BCUT2D eigenvalue weighted by atomic mass is 9.80. The summed E-state index contributed by atoms with van der Waals surface area (Å²) in [4.78, 5) is 1.23. The van der Waals surface area contributed by atoms with E-state index in [2.05, 4.69) is 34.6 Å². The summed E-state index contributed by atoms with van der Waals surface area (Å²) in [6.45, 7) is 2.34. The van der Waals surface area contributed by atoms with Gasteiger partial charge in [0.15, 0.2) is 5.82 Å². The van der Waals surface area contributed by atoms with Crippen molar-refractivity contribution in [3.63, 3.8) is 0 Å². The molecule has 3 nitrogen and oxygen atoms in total. The van der Waals surface area contributed by atoms with Gasteiger partial charge in [0.05, 0.1) is 5.56 Å². The SMILES string of the molecule is CC1CCC(c2[nH]nc(N)c2-c2cccs2)CC1. The number of rotatable bonds is 2. The van der Waals surface area contributed by atoms with E-state index in [1.807, 2.05) is 0 Å². The highest BCUT2D eigenvalue weighted by atomic mass is 32.1. The minimum atomic E-state index is 0.600. The maximum absolute atomic E-state index is 6.03. The molecule has 0 aliphatic heterocycles. The van der Waals surface area contributed by atoms with Crippen LogP contribution < -0.4 is 5.73 Å². The van der Waals surface area contributed by atoms with Gasteiger partial charge in [-0.25, -0.2) is 0 Å². The second-order valence-electron chi connectivity index (χ2n) is 5.33. The van der Waals surface area contributed by atoms with Crippen molar-refractivity contribution in [1.82, 2.24) is 10.2 Å².